The molecule has 0 bridgehead atoms. The van der Waals surface area contributed by atoms with Gasteiger partial charge in [-0.15, -0.1) is 0 Å². The fourth-order valence-electron chi connectivity index (χ4n) is 2.46. The van der Waals surface area contributed by atoms with E-state index in [2.05, 4.69) is 37.7 Å². The Labute approximate surface area is 165 Å². The average Bonchev–Trinajstić information content (AvgIpc) is 3.57. The van der Waals surface area contributed by atoms with Crippen molar-refractivity contribution in [1.29, 1.82) is 0 Å². The molecule has 0 unspecified atom stereocenters. The van der Waals surface area contributed by atoms with Gasteiger partial charge in [-0.1, -0.05) is 47.1 Å². The lowest BCUT2D eigenvalue weighted by molar-refractivity contribution is 0.103. The maximum atomic E-state index is 12.4. The number of aromatic nitrogens is 1. The van der Waals surface area contributed by atoms with E-state index < -0.39 is 0 Å². The molecule has 3 heteroatoms. The second-order valence-corrected chi connectivity index (χ2v) is 6.79. The number of aliphatic imine (C=N–C) groups is 1. The van der Waals surface area contributed by atoms with Crippen molar-refractivity contribution in [2.45, 2.75) is 74.1 Å². The van der Waals surface area contributed by atoms with Crippen molar-refractivity contribution in [3.63, 3.8) is 0 Å². The number of aryl methyl sites for hydroxylation is 1. The third-order valence-corrected chi connectivity index (χ3v) is 4.15. The van der Waals surface area contributed by atoms with Gasteiger partial charge < -0.3 is 0 Å². The highest BCUT2D eigenvalue weighted by Crippen LogP contribution is 2.31. The van der Waals surface area contributed by atoms with E-state index in [1.54, 1.807) is 6.20 Å². The van der Waals surface area contributed by atoms with E-state index in [1.165, 1.54) is 25.0 Å². The van der Waals surface area contributed by atoms with Crippen LogP contribution in [0.1, 0.15) is 88.8 Å². The molecule has 3 rings (SSSR count). The number of carbonyl (C=O) groups excluding carboxylic acids is 1. The number of Topliss-reactive ketones (excluding diaryl/α,β-unsaturated/α-hetero) is 1. The van der Waals surface area contributed by atoms with E-state index in [0.717, 1.165) is 28.7 Å². The topological polar surface area (TPSA) is 42.3 Å². The highest BCUT2D eigenvalue weighted by atomic mass is 16.1. The Hall–Kier alpha value is -2.03. The molecule has 27 heavy (non-hydrogen) atoms. The van der Waals surface area contributed by atoms with Gasteiger partial charge in [0.1, 0.15) is 5.69 Å². The number of allylic oxidation sites excluding steroid dienone is 3. The number of ketones is 1. The third kappa shape index (κ3) is 7.24. The lowest BCUT2D eigenvalue weighted by Gasteiger charge is -2.10. The molecule has 1 saturated carbocycles. The van der Waals surface area contributed by atoms with Crippen LogP contribution in [0.15, 0.2) is 35.1 Å². The Kier molecular flexibility index (Phi) is 9.92. The maximum absolute atomic E-state index is 12.4. The molecule has 0 amide bonds. The van der Waals surface area contributed by atoms with Gasteiger partial charge in [-0.05, 0) is 56.2 Å². The van der Waals surface area contributed by atoms with Crippen LogP contribution in [0.2, 0.25) is 0 Å². The van der Waals surface area contributed by atoms with E-state index >= 15 is 0 Å². The lowest BCUT2D eigenvalue weighted by Crippen LogP contribution is -2.06. The van der Waals surface area contributed by atoms with E-state index in [1.807, 2.05) is 45.5 Å². The molecule has 3 nitrogen and oxygen atoms in total. The largest absolute Gasteiger partial charge is 0.287 e. The van der Waals surface area contributed by atoms with Crippen molar-refractivity contribution in [3.8, 4) is 0 Å². The van der Waals surface area contributed by atoms with Gasteiger partial charge in [0.05, 0.1) is 0 Å². The molecular formula is C24H35N2O. The average molecular weight is 368 g/mol. The minimum absolute atomic E-state index is 0.0113. The van der Waals surface area contributed by atoms with Gasteiger partial charge in [0.15, 0.2) is 0 Å². The molecule has 1 aromatic rings. The van der Waals surface area contributed by atoms with Gasteiger partial charge in [0.2, 0.25) is 5.78 Å². The fraction of sp³-hybridized carbons (Fsp3) is 0.500. The van der Waals surface area contributed by atoms with Crippen LogP contribution in [-0.2, 0) is 0 Å². The lowest BCUT2D eigenvalue weighted by atomic mass is 9.98. The van der Waals surface area contributed by atoms with E-state index in [4.69, 9.17) is 0 Å². The zero-order valence-corrected chi connectivity index (χ0v) is 18.1. The molecule has 0 aromatic carbocycles. The van der Waals surface area contributed by atoms with Crippen LogP contribution in [0.3, 0.4) is 0 Å². The fourth-order valence-corrected chi connectivity index (χ4v) is 2.46. The molecule has 0 saturated heterocycles. The van der Waals surface area contributed by atoms with Gasteiger partial charge in [-0.25, -0.2) is 0 Å². The van der Waals surface area contributed by atoms with Gasteiger partial charge in [-0.3, -0.25) is 14.8 Å². The second kappa shape index (κ2) is 11.6. The van der Waals surface area contributed by atoms with Crippen LogP contribution in [0, 0.1) is 19.3 Å². The summed E-state index contributed by atoms with van der Waals surface area (Å²) in [5.74, 6) is 0.676. The molecule has 1 radical (unpaired) electrons. The van der Waals surface area contributed by atoms with Gasteiger partial charge >= 0.3 is 0 Å². The summed E-state index contributed by atoms with van der Waals surface area (Å²) in [4.78, 5) is 21.4. The van der Waals surface area contributed by atoms with Gasteiger partial charge in [0.25, 0.3) is 0 Å². The molecule has 0 aliphatic heterocycles. The Morgan fingerprint density at radius 1 is 1.26 bits per heavy atom. The summed E-state index contributed by atoms with van der Waals surface area (Å²) in [7, 11) is 0. The van der Waals surface area contributed by atoms with Gasteiger partial charge in [0, 0.05) is 35.7 Å². The Morgan fingerprint density at radius 2 is 1.85 bits per heavy atom. The SMILES string of the molecule is CC.CC/C(=C\N=C(C)C1CC1)c1cc(C)cnc1C(=O)C1=C[CH]1.CCC. The summed E-state index contributed by atoms with van der Waals surface area (Å²) in [6, 6.07) is 2.04. The smallest absolute Gasteiger partial charge is 0.208 e. The predicted octanol–water partition coefficient (Wildman–Crippen LogP) is 6.78. The molecule has 1 heterocycles. The number of nitrogens with zero attached hydrogens (tertiary/aromatic N) is 2. The molecule has 2 aliphatic carbocycles. The standard InChI is InChI=1S/C19H21N2O.C3H8.C2H6/c1-4-14(11-20-13(3)15-5-6-15)17-9-12(2)10-21-18(17)19(22)16-7-8-16;1-3-2;1-2/h7-11,15H,4-6H2,1-3H3;3H2,1-2H3;1-2H3/b14-11+,20-13?;;. The monoisotopic (exact) mass is 367 g/mol. The Bertz CT molecular complexity index is 722. The summed E-state index contributed by atoms with van der Waals surface area (Å²) >= 11 is 0. The highest BCUT2D eigenvalue weighted by molar-refractivity contribution is 6.15. The first kappa shape index (κ1) is 23.0. The molecule has 0 atom stereocenters. The minimum atomic E-state index is 0.0113. The molecule has 0 spiro atoms. The predicted molar refractivity (Wildman–Crippen MR) is 117 cm³/mol. The van der Waals surface area contributed by atoms with E-state index in [0.29, 0.717) is 11.6 Å². The van der Waals surface area contributed by atoms with Crippen molar-refractivity contribution < 1.29 is 4.79 Å². The molecule has 1 aromatic heterocycles. The summed E-state index contributed by atoms with van der Waals surface area (Å²) in [6.07, 6.45) is 11.9. The first-order valence-corrected chi connectivity index (χ1v) is 10.3. The van der Waals surface area contributed by atoms with Crippen molar-refractivity contribution in [3.05, 3.63) is 53.4 Å². The Morgan fingerprint density at radius 3 is 2.33 bits per heavy atom. The molecule has 2 aliphatic rings. The minimum Gasteiger partial charge on any atom is -0.287 e. The number of pyridine rings is 1. The number of carbonyl (C=O) groups is 1. The van der Waals surface area contributed by atoms with Crippen molar-refractivity contribution in [2.75, 3.05) is 0 Å². The highest BCUT2D eigenvalue weighted by Gasteiger charge is 2.25. The summed E-state index contributed by atoms with van der Waals surface area (Å²) in [6.45, 7) is 14.4. The summed E-state index contributed by atoms with van der Waals surface area (Å²) < 4.78 is 0. The van der Waals surface area contributed by atoms with Gasteiger partial charge in [-0.2, -0.15) is 0 Å². The summed E-state index contributed by atoms with van der Waals surface area (Å²) in [5, 5.41) is 0. The Balaban J connectivity index is 0.000000665. The van der Waals surface area contributed by atoms with Crippen molar-refractivity contribution >= 4 is 17.1 Å². The first-order valence-electron chi connectivity index (χ1n) is 10.3. The number of hydrogen-bond donors (Lipinski definition) is 0. The van der Waals surface area contributed by atoms with Crippen LogP contribution in [0.25, 0.3) is 5.57 Å². The summed E-state index contributed by atoms with van der Waals surface area (Å²) in [5.41, 5.74) is 5.53. The van der Waals surface area contributed by atoms with E-state index in [9.17, 15) is 4.79 Å². The van der Waals surface area contributed by atoms with Crippen LogP contribution in [0.5, 0.6) is 0 Å². The van der Waals surface area contributed by atoms with Crippen molar-refractivity contribution in [1.82, 2.24) is 4.98 Å². The third-order valence-electron chi connectivity index (χ3n) is 4.15. The van der Waals surface area contributed by atoms with Crippen LogP contribution in [0.4, 0.5) is 0 Å². The van der Waals surface area contributed by atoms with Crippen molar-refractivity contribution in [2.24, 2.45) is 10.9 Å². The molecular weight excluding hydrogens is 332 g/mol. The normalized spacial score (nSPS) is 15.7. The maximum Gasteiger partial charge on any atom is 0.208 e. The zero-order valence-electron chi connectivity index (χ0n) is 18.1. The zero-order chi connectivity index (χ0) is 20.4. The van der Waals surface area contributed by atoms with E-state index in [-0.39, 0.29) is 5.78 Å². The first-order chi connectivity index (χ1) is 13.0. The molecule has 147 valence electrons. The molecule has 0 N–H and O–H groups in total. The molecule has 1 fully saturated rings. The van der Waals surface area contributed by atoms with Crippen LogP contribution >= 0.6 is 0 Å². The van der Waals surface area contributed by atoms with Crippen LogP contribution < -0.4 is 0 Å². The van der Waals surface area contributed by atoms with Crippen LogP contribution in [-0.4, -0.2) is 16.5 Å². The number of rotatable bonds is 6. The quantitative estimate of drug-likeness (QED) is 0.411. The second-order valence-electron chi connectivity index (χ2n) is 6.79. The number of hydrogen-bond acceptors (Lipinski definition) is 3.